The van der Waals surface area contributed by atoms with Crippen molar-refractivity contribution in [2.45, 2.75) is 19.4 Å². The molecule has 0 saturated carbocycles. The molecular formula is C22H30N4O. The standard InChI is InChI=1S/C22H30N4O/c1-25(2)15-17-7-4-9-19(13-17)20-10-5-11-23-21(20)22(27)24-14-18-8-6-12-26(3)16-18/h4-5,7,9-11,13,18H,6,8,12,14-16H2,1-3H3,(H,24,27)/t18-/m1/s1. The quantitative estimate of drug-likeness (QED) is 0.854. The van der Waals surface area contributed by atoms with Gasteiger partial charge in [0, 0.05) is 31.4 Å². The minimum atomic E-state index is -0.0863. The van der Waals surface area contributed by atoms with Gasteiger partial charge in [0.25, 0.3) is 5.91 Å². The van der Waals surface area contributed by atoms with Crippen LogP contribution in [-0.4, -0.2) is 61.5 Å². The maximum Gasteiger partial charge on any atom is 0.270 e. The van der Waals surface area contributed by atoms with Crippen LogP contribution in [0.2, 0.25) is 0 Å². The van der Waals surface area contributed by atoms with Gasteiger partial charge in [-0.05, 0) is 69.7 Å². The average molecular weight is 367 g/mol. The highest BCUT2D eigenvalue weighted by atomic mass is 16.1. The number of nitrogens with zero attached hydrogens (tertiary/aromatic N) is 3. The predicted molar refractivity (Wildman–Crippen MR) is 110 cm³/mol. The van der Waals surface area contributed by atoms with Crippen molar-refractivity contribution in [3.8, 4) is 11.1 Å². The summed E-state index contributed by atoms with van der Waals surface area (Å²) >= 11 is 0. The third-order valence-electron chi connectivity index (χ3n) is 5.03. The van der Waals surface area contributed by atoms with E-state index in [1.807, 2.05) is 24.3 Å². The summed E-state index contributed by atoms with van der Waals surface area (Å²) in [5, 5.41) is 3.11. The van der Waals surface area contributed by atoms with E-state index in [0.717, 1.165) is 30.8 Å². The van der Waals surface area contributed by atoms with E-state index in [2.05, 4.69) is 53.4 Å². The maximum absolute atomic E-state index is 12.8. The van der Waals surface area contributed by atoms with Crippen LogP contribution in [0.4, 0.5) is 0 Å². The number of carbonyl (C=O) groups excluding carboxylic acids is 1. The van der Waals surface area contributed by atoms with E-state index in [1.165, 1.54) is 18.4 Å². The third-order valence-corrected chi connectivity index (χ3v) is 5.03. The molecular weight excluding hydrogens is 336 g/mol. The summed E-state index contributed by atoms with van der Waals surface area (Å²) in [6.07, 6.45) is 4.06. The van der Waals surface area contributed by atoms with Crippen LogP contribution in [0, 0.1) is 5.92 Å². The second-order valence-electron chi connectivity index (χ2n) is 7.82. The molecule has 1 N–H and O–H groups in total. The van der Waals surface area contributed by atoms with Gasteiger partial charge in [-0.3, -0.25) is 9.78 Å². The number of pyridine rings is 1. The number of aromatic nitrogens is 1. The Morgan fingerprint density at radius 3 is 2.93 bits per heavy atom. The zero-order valence-electron chi connectivity index (χ0n) is 16.6. The van der Waals surface area contributed by atoms with Gasteiger partial charge in [-0.2, -0.15) is 0 Å². The molecule has 0 spiro atoms. The van der Waals surface area contributed by atoms with Crippen molar-refractivity contribution in [1.29, 1.82) is 0 Å². The van der Waals surface area contributed by atoms with E-state index in [0.29, 0.717) is 18.2 Å². The summed E-state index contributed by atoms with van der Waals surface area (Å²) in [5.41, 5.74) is 3.64. The molecule has 0 bridgehead atoms. The van der Waals surface area contributed by atoms with Gasteiger partial charge in [-0.1, -0.05) is 24.3 Å². The molecule has 0 aliphatic carbocycles. The monoisotopic (exact) mass is 366 g/mol. The third kappa shape index (κ3) is 5.37. The molecule has 1 saturated heterocycles. The highest BCUT2D eigenvalue weighted by Crippen LogP contribution is 2.24. The van der Waals surface area contributed by atoms with Gasteiger partial charge in [0.2, 0.25) is 0 Å². The molecule has 1 aliphatic heterocycles. The predicted octanol–water partition coefficient (Wildman–Crippen LogP) is 2.88. The molecule has 27 heavy (non-hydrogen) atoms. The number of hydrogen-bond donors (Lipinski definition) is 1. The van der Waals surface area contributed by atoms with Crippen LogP contribution >= 0.6 is 0 Å². The number of hydrogen-bond acceptors (Lipinski definition) is 4. The van der Waals surface area contributed by atoms with Gasteiger partial charge in [-0.15, -0.1) is 0 Å². The Balaban J connectivity index is 1.74. The normalized spacial score (nSPS) is 17.9. The Kier molecular flexibility index (Phi) is 6.58. The minimum absolute atomic E-state index is 0.0863. The van der Waals surface area contributed by atoms with Crippen LogP contribution in [0.5, 0.6) is 0 Å². The van der Waals surface area contributed by atoms with E-state index < -0.39 is 0 Å². The number of rotatable bonds is 6. The van der Waals surface area contributed by atoms with Gasteiger partial charge in [-0.25, -0.2) is 0 Å². The molecule has 0 unspecified atom stereocenters. The first kappa shape index (κ1) is 19.5. The number of likely N-dealkylation sites (tertiary alicyclic amines) is 1. The Morgan fingerprint density at radius 2 is 2.15 bits per heavy atom. The van der Waals surface area contributed by atoms with Crippen LogP contribution in [-0.2, 0) is 6.54 Å². The average Bonchev–Trinajstić information content (AvgIpc) is 2.66. The SMILES string of the molecule is CN(C)Cc1cccc(-c2cccnc2C(=O)NC[C@H]2CCCN(C)C2)c1. The van der Waals surface area contributed by atoms with Crippen molar-refractivity contribution in [3.63, 3.8) is 0 Å². The first-order valence-corrected chi connectivity index (χ1v) is 9.68. The Bertz CT molecular complexity index is 774. The van der Waals surface area contributed by atoms with E-state index in [4.69, 9.17) is 0 Å². The molecule has 1 aliphatic rings. The first-order valence-electron chi connectivity index (χ1n) is 9.68. The molecule has 5 nitrogen and oxygen atoms in total. The molecule has 5 heteroatoms. The van der Waals surface area contributed by atoms with Crippen LogP contribution in [0.3, 0.4) is 0 Å². The van der Waals surface area contributed by atoms with Crippen LogP contribution in [0.15, 0.2) is 42.6 Å². The second-order valence-corrected chi connectivity index (χ2v) is 7.82. The molecule has 1 amide bonds. The van der Waals surface area contributed by atoms with Crippen LogP contribution in [0.1, 0.15) is 28.9 Å². The fourth-order valence-electron chi connectivity index (χ4n) is 3.78. The zero-order chi connectivity index (χ0) is 19.2. The van der Waals surface area contributed by atoms with Crippen molar-refractivity contribution >= 4 is 5.91 Å². The lowest BCUT2D eigenvalue weighted by Crippen LogP contribution is -2.39. The molecule has 1 aromatic heterocycles. The van der Waals surface area contributed by atoms with Crippen molar-refractivity contribution < 1.29 is 4.79 Å². The molecule has 144 valence electrons. The lowest BCUT2D eigenvalue weighted by Gasteiger charge is -2.29. The summed E-state index contributed by atoms with van der Waals surface area (Å²) in [4.78, 5) is 21.7. The van der Waals surface area contributed by atoms with Gasteiger partial charge in [0.05, 0.1) is 0 Å². The van der Waals surface area contributed by atoms with Gasteiger partial charge < -0.3 is 15.1 Å². The molecule has 1 atom stereocenters. The highest BCUT2D eigenvalue weighted by molar-refractivity contribution is 5.98. The molecule has 0 radical (unpaired) electrons. The summed E-state index contributed by atoms with van der Waals surface area (Å²) in [6.45, 7) is 3.77. The number of benzene rings is 1. The number of amides is 1. The molecule has 3 rings (SSSR count). The number of piperidine rings is 1. The highest BCUT2D eigenvalue weighted by Gasteiger charge is 2.20. The lowest BCUT2D eigenvalue weighted by molar-refractivity contribution is 0.0932. The largest absolute Gasteiger partial charge is 0.350 e. The summed E-state index contributed by atoms with van der Waals surface area (Å²) in [5.74, 6) is 0.431. The lowest BCUT2D eigenvalue weighted by atomic mass is 9.98. The van der Waals surface area contributed by atoms with E-state index in [1.54, 1.807) is 6.20 Å². The molecule has 1 fully saturated rings. The van der Waals surface area contributed by atoms with E-state index in [-0.39, 0.29) is 5.91 Å². The Hall–Kier alpha value is -2.24. The number of nitrogens with one attached hydrogen (secondary N) is 1. The fraction of sp³-hybridized carbons (Fsp3) is 0.455. The van der Waals surface area contributed by atoms with Crippen LogP contribution < -0.4 is 5.32 Å². The molecule has 2 aromatic rings. The van der Waals surface area contributed by atoms with Gasteiger partial charge in [0.1, 0.15) is 5.69 Å². The summed E-state index contributed by atoms with van der Waals surface area (Å²) in [7, 11) is 6.25. The van der Waals surface area contributed by atoms with Crippen molar-refractivity contribution in [2.24, 2.45) is 5.92 Å². The minimum Gasteiger partial charge on any atom is -0.350 e. The van der Waals surface area contributed by atoms with E-state index >= 15 is 0 Å². The summed E-state index contributed by atoms with van der Waals surface area (Å²) < 4.78 is 0. The Labute approximate surface area is 162 Å². The topological polar surface area (TPSA) is 48.5 Å². The molecule has 1 aromatic carbocycles. The van der Waals surface area contributed by atoms with Gasteiger partial charge in [0.15, 0.2) is 0 Å². The second kappa shape index (κ2) is 9.11. The van der Waals surface area contributed by atoms with E-state index in [9.17, 15) is 4.79 Å². The maximum atomic E-state index is 12.8. The van der Waals surface area contributed by atoms with Crippen molar-refractivity contribution in [3.05, 3.63) is 53.9 Å². The first-order chi connectivity index (χ1) is 13.0. The van der Waals surface area contributed by atoms with Crippen LogP contribution in [0.25, 0.3) is 11.1 Å². The Morgan fingerprint density at radius 1 is 1.30 bits per heavy atom. The number of carbonyl (C=O) groups is 1. The van der Waals surface area contributed by atoms with Gasteiger partial charge >= 0.3 is 0 Å². The summed E-state index contributed by atoms with van der Waals surface area (Å²) in [6, 6.07) is 12.2. The van der Waals surface area contributed by atoms with Crippen molar-refractivity contribution in [2.75, 3.05) is 40.8 Å². The molecule has 2 heterocycles. The fourth-order valence-corrected chi connectivity index (χ4v) is 3.78. The smallest absolute Gasteiger partial charge is 0.270 e. The van der Waals surface area contributed by atoms with Crippen molar-refractivity contribution in [1.82, 2.24) is 20.1 Å². The zero-order valence-corrected chi connectivity index (χ0v) is 16.6.